The average Bonchev–Trinajstić information content (AvgIpc) is 2.92. The number of phenols is 1. The van der Waals surface area contributed by atoms with E-state index >= 15 is 0 Å². The standard InChI is InChI=1S/C15H17Cl2N3O/c1-15(2,3)14-19-18-11-6-8(7-20(11)14)12-10(21)5-4-9(16)13(12)17/h4-5,8,21H,6-7H2,1-3H3. The summed E-state index contributed by atoms with van der Waals surface area (Å²) in [5.74, 6) is 2.14. The van der Waals surface area contributed by atoms with Gasteiger partial charge in [-0.2, -0.15) is 0 Å². The fourth-order valence-electron chi connectivity index (χ4n) is 2.88. The number of rotatable bonds is 1. The molecule has 1 N–H and O–H groups in total. The van der Waals surface area contributed by atoms with Crippen molar-refractivity contribution >= 4 is 23.2 Å². The summed E-state index contributed by atoms with van der Waals surface area (Å²) >= 11 is 12.4. The van der Waals surface area contributed by atoms with E-state index in [1.54, 1.807) is 12.1 Å². The molecule has 1 aliphatic rings. The van der Waals surface area contributed by atoms with Crippen molar-refractivity contribution in [1.82, 2.24) is 14.8 Å². The number of aromatic hydroxyl groups is 1. The molecule has 0 bridgehead atoms. The van der Waals surface area contributed by atoms with Crippen LogP contribution in [0.25, 0.3) is 0 Å². The monoisotopic (exact) mass is 325 g/mol. The minimum Gasteiger partial charge on any atom is -0.508 e. The van der Waals surface area contributed by atoms with E-state index in [9.17, 15) is 5.11 Å². The topological polar surface area (TPSA) is 50.9 Å². The number of nitrogens with zero attached hydrogens (tertiary/aromatic N) is 3. The smallest absolute Gasteiger partial charge is 0.138 e. The third-order valence-corrected chi connectivity index (χ3v) is 4.67. The summed E-state index contributed by atoms with van der Waals surface area (Å²) < 4.78 is 2.13. The molecule has 0 amide bonds. The van der Waals surface area contributed by atoms with Crippen LogP contribution in [0.4, 0.5) is 0 Å². The Balaban J connectivity index is 2.00. The molecule has 4 nitrogen and oxygen atoms in total. The Hall–Kier alpha value is -1.26. The molecule has 0 saturated heterocycles. The van der Waals surface area contributed by atoms with E-state index in [-0.39, 0.29) is 17.1 Å². The molecule has 1 aliphatic heterocycles. The molecule has 1 atom stereocenters. The van der Waals surface area contributed by atoms with Gasteiger partial charge in [0.1, 0.15) is 17.4 Å². The van der Waals surface area contributed by atoms with E-state index in [1.807, 2.05) is 0 Å². The number of halogens is 2. The maximum absolute atomic E-state index is 10.1. The van der Waals surface area contributed by atoms with E-state index in [4.69, 9.17) is 23.2 Å². The number of hydrogen-bond acceptors (Lipinski definition) is 3. The molecule has 0 aliphatic carbocycles. The zero-order chi connectivity index (χ0) is 15.4. The number of fused-ring (bicyclic) bond motifs is 1. The van der Waals surface area contributed by atoms with Crippen molar-refractivity contribution in [1.29, 1.82) is 0 Å². The molecule has 2 aromatic rings. The van der Waals surface area contributed by atoms with Crippen molar-refractivity contribution in [2.24, 2.45) is 0 Å². The Labute approximate surface area is 133 Å². The Morgan fingerprint density at radius 2 is 1.95 bits per heavy atom. The Morgan fingerprint density at radius 3 is 2.62 bits per heavy atom. The lowest BCUT2D eigenvalue weighted by Crippen LogP contribution is -2.19. The quantitative estimate of drug-likeness (QED) is 0.864. The van der Waals surface area contributed by atoms with E-state index < -0.39 is 0 Å². The highest BCUT2D eigenvalue weighted by molar-refractivity contribution is 6.42. The Bertz CT molecular complexity index is 704. The van der Waals surface area contributed by atoms with Crippen LogP contribution in [-0.4, -0.2) is 19.9 Å². The van der Waals surface area contributed by atoms with Crippen LogP contribution in [0.15, 0.2) is 12.1 Å². The summed E-state index contributed by atoms with van der Waals surface area (Å²) in [4.78, 5) is 0. The van der Waals surface area contributed by atoms with Gasteiger partial charge in [0.25, 0.3) is 0 Å². The fourth-order valence-corrected chi connectivity index (χ4v) is 3.36. The second-order valence-electron chi connectivity index (χ2n) is 6.50. The van der Waals surface area contributed by atoms with Crippen LogP contribution in [-0.2, 0) is 18.4 Å². The minimum absolute atomic E-state index is 0.0691. The first-order chi connectivity index (χ1) is 9.79. The maximum Gasteiger partial charge on any atom is 0.138 e. The molecule has 0 spiro atoms. The second kappa shape index (κ2) is 4.89. The lowest BCUT2D eigenvalue weighted by molar-refractivity contribution is 0.453. The molecule has 1 aromatic heterocycles. The van der Waals surface area contributed by atoms with E-state index in [0.29, 0.717) is 28.6 Å². The molecule has 112 valence electrons. The van der Waals surface area contributed by atoms with Gasteiger partial charge in [-0.1, -0.05) is 44.0 Å². The van der Waals surface area contributed by atoms with E-state index in [2.05, 4.69) is 35.5 Å². The summed E-state index contributed by atoms with van der Waals surface area (Å²) in [7, 11) is 0. The molecular weight excluding hydrogens is 309 g/mol. The molecule has 6 heteroatoms. The van der Waals surface area contributed by atoms with Crippen LogP contribution < -0.4 is 0 Å². The van der Waals surface area contributed by atoms with Gasteiger partial charge in [0.2, 0.25) is 0 Å². The summed E-state index contributed by atoms with van der Waals surface area (Å²) in [5.41, 5.74) is 0.634. The average molecular weight is 326 g/mol. The van der Waals surface area contributed by atoms with Crippen LogP contribution in [0, 0.1) is 0 Å². The van der Waals surface area contributed by atoms with Crippen LogP contribution in [0.1, 0.15) is 43.9 Å². The van der Waals surface area contributed by atoms with Crippen LogP contribution >= 0.6 is 23.2 Å². The molecule has 0 fully saturated rings. The maximum atomic E-state index is 10.1. The second-order valence-corrected chi connectivity index (χ2v) is 7.28. The lowest BCUT2D eigenvalue weighted by atomic mass is 9.95. The first-order valence-electron chi connectivity index (χ1n) is 6.88. The first kappa shape index (κ1) is 14.7. The molecule has 21 heavy (non-hydrogen) atoms. The van der Waals surface area contributed by atoms with Crippen molar-refractivity contribution < 1.29 is 5.11 Å². The van der Waals surface area contributed by atoms with Gasteiger partial charge in [0, 0.05) is 29.9 Å². The molecule has 1 unspecified atom stereocenters. The van der Waals surface area contributed by atoms with Gasteiger partial charge in [0.15, 0.2) is 0 Å². The summed E-state index contributed by atoms with van der Waals surface area (Å²) in [5, 5.41) is 19.6. The van der Waals surface area contributed by atoms with Crippen LogP contribution in [0.2, 0.25) is 10.0 Å². The van der Waals surface area contributed by atoms with Crippen LogP contribution in [0.5, 0.6) is 5.75 Å². The van der Waals surface area contributed by atoms with Crippen molar-refractivity contribution in [2.75, 3.05) is 0 Å². The molecule has 1 aromatic carbocycles. The SMILES string of the molecule is CC(C)(C)c1nnc2n1CC(c1c(O)ccc(Cl)c1Cl)C2. The Kier molecular flexibility index (Phi) is 3.41. The first-order valence-corrected chi connectivity index (χ1v) is 7.64. The molecule has 0 radical (unpaired) electrons. The van der Waals surface area contributed by atoms with Gasteiger partial charge in [-0.3, -0.25) is 0 Å². The summed E-state index contributed by atoms with van der Waals surface area (Å²) in [6.07, 6.45) is 0.705. The highest BCUT2D eigenvalue weighted by Crippen LogP contribution is 2.42. The summed E-state index contributed by atoms with van der Waals surface area (Å²) in [6.45, 7) is 7.05. The van der Waals surface area contributed by atoms with Gasteiger partial charge in [-0.05, 0) is 12.1 Å². The summed E-state index contributed by atoms with van der Waals surface area (Å²) in [6, 6.07) is 3.20. The van der Waals surface area contributed by atoms with Gasteiger partial charge in [-0.15, -0.1) is 10.2 Å². The van der Waals surface area contributed by atoms with Crippen molar-refractivity contribution in [2.45, 2.75) is 45.1 Å². The Morgan fingerprint density at radius 1 is 1.24 bits per heavy atom. The largest absolute Gasteiger partial charge is 0.508 e. The number of hydrogen-bond donors (Lipinski definition) is 1. The predicted molar refractivity (Wildman–Crippen MR) is 83.3 cm³/mol. The van der Waals surface area contributed by atoms with Crippen molar-refractivity contribution in [3.8, 4) is 5.75 Å². The molecule has 2 heterocycles. The van der Waals surface area contributed by atoms with Crippen LogP contribution in [0.3, 0.4) is 0 Å². The highest BCUT2D eigenvalue weighted by atomic mass is 35.5. The third kappa shape index (κ3) is 2.40. The van der Waals surface area contributed by atoms with E-state index in [0.717, 1.165) is 11.6 Å². The molecule has 0 saturated carbocycles. The lowest BCUT2D eigenvalue weighted by Gasteiger charge is -2.19. The van der Waals surface area contributed by atoms with E-state index in [1.165, 1.54) is 0 Å². The number of benzene rings is 1. The predicted octanol–water partition coefficient (Wildman–Crippen LogP) is 3.93. The van der Waals surface area contributed by atoms with Gasteiger partial charge in [0.05, 0.1) is 10.0 Å². The zero-order valence-electron chi connectivity index (χ0n) is 12.2. The third-order valence-electron chi connectivity index (χ3n) is 3.85. The van der Waals surface area contributed by atoms with Crippen molar-refractivity contribution in [3.05, 3.63) is 39.4 Å². The molecular formula is C15H17Cl2N3O. The molecule has 3 rings (SSSR count). The number of aromatic nitrogens is 3. The zero-order valence-corrected chi connectivity index (χ0v) is 13.7. The normalized spacial score (nSPS) is 18.0. The number of phenolic OH excluding ortho intramolecular Hbond substituents is 1. The van der Waals surface area contributed by atoms with Gasteiger partial charge >= 0.3 is 0 Å². The van der Waals surface area contributed by atoms with Gasteiger partial charge < -0.3 is 9.67 Å². The van der Waals surface area contributed by atoms with Gasteiger partial charge in [-0.25, -0.2) is 0 Å². The highest BCUT2D eigenvalue weighted by Gasteiger charge is 2.33. The minimum atomic E-state index is -0.0691. The fraction of sp³-hybridized carbons (Fsp3) is 0.467. The van der Waals surface area contributed by atoms with Crippen molar-refractivity contribution in [3.63, 3.8) is 0 Å².